The molecular weight excluding hydrogens is 206 g/mol. The van der Waals surface area contributed by atoms with Crippen molar-refractivity contribution in [1.82, 2.24) is 5.32 Å². The molecule has 96 valence electrons. The smallest absolute Gasteiger partial charge is 0.00966 e. The molecule has 17 heavy (non-hydrogen) atoms. The standard InChI is InChI=1S/C16H27N/c1-13(11-15-9-7-6-8-10-15)14(2)12-17-16(3,4)5/h6-10,13-14,17H,11-12H2,1-5H3. The van der Waals surface area contributed by atoms with Gasteiger partial charge in [0.2, 0.25) is 0 Å². The molecule has 1 aromatic rings. The average molecular weight is 233 g/mol. The van der Waals surface area contributed by atoms with Gasteiger partial charge in [-0.15, -0.1) is 0 Å². The molecule has 1 rings (SSSR count). The van der Waals surface area contributed by atoms with Crippen LogP contribution in [-0.4, -0.2) is 12.1 Å². The molecule has 1 nitrogen and oxygen atoms in total. The fourth-order valence-electron chi connectivity index (χ4n) is 1.86. The van der Waals surface area contributed by atoms with Crippen LogP contribution in [0.3, 0.4) is 0 Å². The van der Waals surface area contributed by atoms with Crippen LogP contribution in [0.15, 0.2) is 30.3 Å². The summed E-state index contributed by atoms with van der Waals surface area (Å²) in [6, 6.07) is 10.8. The van der Waals surface area contributed by atoms with Gasteiger partial charge in [0.1, 0.15) is 0 Å². The first-order valence-corrected chi connectivity index (χ1v) is 6.67. The Morgan fingerprint density at radius 3 is 2.12 bits per heavy atom. The van der Waals surface area contributed by atoms with Crippen molar-refractivity contribution in [2.24, 2.45) is 11.8 Å². The van der Waals surface area contributed by atoms with Crippen LogP contribution in [0.5, 0.6) is 0 Å². The van der Waals surface area contributed by atoms with Gasteiger partial charge in [0.05, 0.1) is 0 Å². The lowest BCUT2D eigenvalue weighted by Gasteiger charge is -2.26. The van der Waals surface area contributed by atoms with E-state index in [0.717, 1.165) is 6.54 Å². The van der Waals surface area contributed by atoms with E-state index in [0.29, 0.717) is 11.8 Å². The highest BCUT2D eigenvalue weighted by molar-refractivity contribution is 5.15. The molecule has 1 N–H and O–H groups in total. The molecule has 1 heteroatoms. The second kappa shape index (κ2) is 6.20. The number of rotatable bonds is 5. The Morgan fingerprint density at radius 1 is 1.00 bits per heavy atom. The fourth-order valence-corrected chi connectivity index (χ4v) is 1.86. The van der Waals surface area contributed by atoms with Crippen LogP contribution in [0.2, 0.25) is 0 Å². The minimum atomic E-state index is 0.223. The van der Waals surface area contributed by atoms with E-state index in [2.05, 4.69) is 70.3 Å². The zero-order valence-corrected chi connectivity index (χ0v) is 12.0. The highest BCUT2D eigenvalue weighted by Crippen LogP contribution is 2.17. The maximum absolute atomic E-state index is 3.59. The van der Waals surface area contributed by atoms with Crippen molar-refractivity contribution in [3.63, 3.8) is 0 Å². The average Bonchev–Trinajstić information content (AvgIpc) is 2.26. The summed E-state index contributed by atoms with van der Waals surface area (Å²) >= 11 is 0. The minimum absolute atomic E-state index is 0.223. The number of hydrogen-bond acceptors (Lipinski definition) is 1. The summed E-state index contributed by atoms with van der Waals surface area (Å²) in [7, 11) is 0. The molecule has 0 aromatic heterocycles. The summed E-state index contributed by atoms with van der Waals surface area (Å²) in [5.41, 5.74) is 1.67. The molecule has 0 saturated carbocycles. The molecule has 1 aromatic carbocycles. The van der Waals surface area contributed by atoms with Crippen LogP contribution >= 0.6 is 0 Å². The monoisotopic (exact) mass is 233 g/mol. The molecule has 0 radical (unpaired) electrons. The van der Waals surface area contributed by atoms with Crippen molar-refractivity contribution in [2.75, 3.05) is 6.54 Å². The summed E-state index contributed by atoms with van der Waals surface area (Å²) < 4.78 is 0. The Labute approximate surface area is 107 Å². The van der Waals surface area contributed by atoms with E-state index in [1.807, 2.05) is 0 Å². The number of nitrogens with one attached hydrogen (secondary N) is 1. The van der Waals surface area contributed by atoms with Crippen molar-refractivity contribution >= 4 is 0 Å². The Kier molecular flexibility index (Phi) is 5.20. The molecule has 0 fully saturated rings. The van der Waals surface area contributed by atoms with Crippen molar-refractivity contribution < 1.29 is 0 Å². The van der Waals surface area contributed by atoms with Gasteiger partial charge in [-0.2, -0.15) is 0 Å². The van der Waals surface area contributed by atoms with Crippen LogP contribution in [-0.2, 0) is 6.42 Å². The van der Waals surface area contributed by atoms with Crippen LogP contribution in [0.1, 0.15) is 40.2 Å². The second-order valence-corrected chi connectivity index (χ2v) is 6.28. The van der Waals surface area contributed by atoms with Crippen molar-refractivity contribution in [3.8, 4) is 0 Å². The normalized spacial score (nSPS) is 15.6. The van der Waals surface area contributed by atoms with Gasteiger partial charge in [-0.05, 0) is 51.1 Å². The Balaban J connectivity index is 2.40. The van der Waals surface area contributed by atoms with E-state index < -0.39 is 0 Å². The molecule has 0 amide bonds. The van der Waals surface area contributed by atoms with E-state index >= 15 is 0 Å². The third-order valence-corrected chi connectivity index (χ3v) is 3.33. The minimum Gasteiger partial charge on any atom is -0.312 e. The lowest BCUT2D eigenvalue weighted by Crippen LogP contribution is -2.40. The van der Waals surface area contributed by atoms with Gasteiger partial charge in [-0.1, -0.05) is 44.2 Å². The fraction of sp³-hybridized carbons (Fsp3) is 0.625. The Hall–Kier alpha value is -0.820. The highest BCUT2D eigenvalue weighted by atomic mass is 14.9. The summed E-state index contributed by atoms with van der Waals surface area (Å²) in [5, 5.41) is 3.59. The molecule has 0 heterocycles. The first-order chi connectivity index (χ1) is 7.88. The predicted molar refractivity (Wildman–Crippen MR) is 76.2 cm³/mol. The number of benzene rings is 1. The lowest BCUT2D eigenvalue weighted by atomic mass is 9.89. The van der Waals surface area contributed by atoms with Crippen molar-refractivity contribution in [1.29, 1.82) is 0 Å². The van der Waals surface area contributed by atoms with Gasteiger partial charge in [0, 0.05) is 5.54 Å². The van der Waals surface area contributed by atoms with Crippen LogP contribution < -0.4 is 5.32 Å². The molecule has 0 aliphatic heterocycles. The van der Waals surface area contributed by atoms with Gasteiger partial charge in [-0.3, -0.25) is 0 Å². The van der Waals surface area contributed by atoms with Crippen LogP contribution in [0, 0.1) is 11.8 Å². The third-order valence-electron chi connectivity index (χ3n) is 3.33. The molecule has 0 saturated heterocycles. The largest absolute Gasteiger partial charge is 0.312 e. The zero-order chi connectivity index (χ0) is 12.9. The molecule has 0 aliphatic rings. The van der Waals surface area contributed by atoms with E-state index in [-0.39, 0.29) is 5.54 Å². The van der Waals surface area contributed by atoms with Gasteiger partial charge < -0.3 is 5.32 Å². The Bertz CT molecular complexity index is 310. The first kappa shape index (κ1) is 14.2. The Morgan fingerprint density at radius 2 is 1.59 bits per heavy atom. The summed E-state index contributed by atoms with van der Waals surface area (Å²) in [4.78, 5) is 0. The van der Waals surface area contributed by atoms with Crippen molar-refractivity contribution in [3.05, 3.63) is 35.9 Å². The van der Waals surface area contributed by atoms with Gasteiger partial charge in [0.25, 0.3) is 0 Å². The highest BCUT2D eigenvalue weighted by Gasteiger charge is 2.16. The molecule has 2 unspecified atom stereocenters. The molecule has 2 atom stereocenters. The quantitative estimate of drug-likeness (QED) is 0.813. The molecule has 0 bridgehead atoms. The summed E-state index contributed by atoms with van der Waals surface area (Å²) in [6.07, 6.45) is 1.17. The van der Waals surface area contributed by atoms with E-state index in [1.165, 1.54) is 12.0 Å². The second-order valence-electron chi connectivity index (χ2n) is 6.28. The maximum Gasteiger partial charge on any atom is 0.00966 e. The summed E-state index contributed by atoms with van der Waals surface area (Å²) in [5.74, 6) is 1.42. The van der Waals surface area contributed by atoms with Crippen LogP contribution in [0.4, 0.5) is 0 Å². The molecule has 0 spiro atoms. The SMILES string of the molecule is CC(CNC(C)(C)C)C(C)Cc1ccccc1. The predicted octanol–water partition coefficient (Wildman–Crippen LogP) is 3.89. The van der Waals surface area contributed by atoms with Gasteiger partial charge in [0.15, 0.2) is 0 Å². The van der Waals surface area contributed by atoms with Crippen molar-refractivity contribution in [2.45, 2.75) is 46.6 Å². The lowest BCUT2D eigenvalue weighted by molar-refractivity contribution is 0.317. The zero-order valence-electron chi connectivity index (χ0n) is 12.0. The van der Waals surface area contributed by atoms with E-state index in [1.54, 1.807) is 0 Å². The molecule has 0 aliphatic carbocycles. The summed E-state index contributed by atoms with van der Waals surface area (Å²) in [6.45, 7) is 12.5. The topological polar surface area (TPSA) is 12.0 Å². The van der Waals surface area contributed by atoms with Gasteiger partial charge >= 0.3 is 0 Å². The third kappa shape index (κ3) is 5.88. The molecular formula is C16H27N. The number of hydrogen-bond donors (Lipinski definition) is 1. The van der Waals surface area contributed by atoms with E-state index in [9.17, 15) is 0 Å². The van der Waals surface area contributed by atoms with Gasteiger partial charge in [-0.25, -0.2) is 0 Å². The first-order valence-electron chi connectivity index (χ1n) is 6.67. The van der Waals surface area contributed by atoms with Crippen LogP contribution in [0.25, 0.3) is 0 Å². The maximum atomic E-state index is 3.59. The van der Waals surface area contributed by atoms with E-state index in [4.69, 9.17) is 0 Å².